The minimum atomic E-state index is -0.393. The highest BCUT2D eigenvalue weighted by atomic mass is 16.5. The Balaban J connectivity index is 1.72. The third-order valence-corrected chi connectivity index (χ3v) is 4.01. The zero-order valence-electron chi connectivity index (χ0n) is 12.1. The molecule has 0 bridgehead atoms. The molecule has 0 spiro atoms. The molecule has 1 aliphatic rings. The summed E-state index contributed by atoms with van der Waals surface area (Å²) in [5.41, 5.74) is 10.0. The van der Waals surface area contributed by atoms with Crippen LogP contribution in [0.5, 0.6) is 0 Å². The van der Waals surface area contributed by atoms with E-state index < -0.39 is 5.91 Å². The molecule has 6 N–H and O–H groups in total. The van der Waals surface area contributed by atoms with Crippen LogP contribution in [-0.4, -0.2) is 22.1 Å². The van der Waals surface area contributed by atoms with E-state index in [1.165, 1.54) is 11.1 Å². The molecule has 0 radical (unpaired) electrons. The lowest BCUT2D eigenvalue weighted by molar-refractivity contribution is -0.825. The number of fused-ring (bicyclic) bond motifs is 1. The highest BCUT2D eigenvalue weighted by Crippen LogP contribution is 2.24. The van der Waals surface area contributed by atoms with Crippen molar-refractivity contribution >= 4 is 17.4 Å². The molecule has 0 saturated carbocycles. The van der Waals surface area contributed by atoms with Gasteiger partial charge in [-0.05, 0) is 48.6 Å². The van der Waals surface area contributed by atoms with Crippen molar-refractivity contribution in [1.82, 2.24) is 4.98 Å². The molecule has 0 aliphatic heterocycles. The summed E-state index contributed by atoms with van der Waals surface area (Å²) in [6, 6.07) is 9.60. The first-order chi connectivity index (χ1) is 10.7. The molecule has 1 amide bonds. The summed E-state index contributed by atoms with van der Waals surface area (Å²) in [6.07, 6.45) is 4.43. The molecule has 6 nitrogen and oxygen atoms in total. The van der Waals surface area contributed by atoms with Crippen LogP contribution in [0.3, 0.4) is 0 Å². The molecule has 0 saturated heterocycles. The number of carbonyl (C=O) groups excluding carboxylic acids is 1. The molecule has 1 aliphatic carbocycles. The predicted molar refractivity (Wildman–Crippen MR) is 82.0 cm³/mol. The summed E-state index contributed by atoms with van der Waals surface area (Å²) in [5.74, 6) is 0.389. The number of nitrogens with two attached hydrogens (primary N) is 2. The Morgan fingerprint density at radius 3 is 2.86 bits per heavy atom. The molecule has 1 atom stereocenters. The maximum Gasteiger partial charge on any atom is 0.248 e. The third kappa shape index (κ3) is 3.08. The van der Waals surface area contributed by atoms with Crippen LogP contribution >= 0.6 is 0 Å². The van der Waals surface area contributed by atoms with Gasteiger partial charge < -0.3 is 11.1 Å². The molecule has 114 valence electrons. The number of amides is 1. The fourth-order valence-electron chi connectivity index (χ4n) is 2.81. The molecule has 1 unspecified atom stereocenters. The lowest BCUT2D eigenvalue weighted by Crippen LogP contribution is -2.73. The lowest BCUT2D eigenvalue weighted by atomic mass is 9.87. The highest BCUT2D eigenvalue weighted by molar-refractivity contribution is 5.93. The Kier molecular flexibility index (Phi) is 4.04. The Bertz CT molecular complexity index is 685. The van der Waals surface area contributed by atoms with Gasteiger partial charge in [0.2, 0.25) is 5.91 Å². The van der Waals surface area contributed by atoms with E-state index in [0.29, 0.717) is 11.3 Å². The highest BCUT2D eigenvalue weighted by Gasteiger charge is 2.19. The van der Waals surface area contributed by atoms with Crippen LogP contribution in [0.2, 0.25) is 0 Å². The molecule has 3 rings (SSSR count). The minimum Gasteiger partial charge on any atom is -0.367 e. The van der Waals surface area contributed by atoms with Crippen LogP contribution in [0.1, 0.15) is 27.9 Å². The maximum absolute atomic E-state index is 11.3. The van der Waals surface area contributed by atoms with E-state index in [4.69, 9.17) is 10.9 Å². The molecule has 1 heterocycles. The molecule has 6 heteroatoms. The van der Waals surface area contributed by atoms with Crippen molar-refractivity contribution in [2.45, 2.75) is 25.3 Å². The van der Waals surface area contributed by atoms with Crippen LogP contribution in [0.15, 0.2) is 36.5 Å². The van der Waals surface area contributed by atoms with Gasteiger partial charge in [0.15, 0.2) is 5.69 Å². The second-order valence-electron chi connectivity index (χ2n) is 5.54. The van der Waals surface area contributed by atoms with Crippen molar-refractivity contribution in [2.75, 3.05) is 5.32 Å². The quantitative estimate of drug-likeness (QED) is 0.625. The van der Waals surface area contributed by atoms with Gasteiger partial charge in [-0.15, -0.1) is 0 Å². The van der Waals surface area contributed by atoms with Crippen molar-refractivity contribution in [3.8, 4) is 0 Å². The van der Waals surface area contributed by atoms with Crippen LogP contribution in [0, 0.1) is 0 Å². The van der Waals surface area contributed by atoms with Crippen LogP contribution in [0.25, 0.3) is 0 Å². The number of aromatic nitrogens is 1. The Hall–Kier alpha value is -2.44. The molecule has 22 heavy (non-hydrogen) atoms. The first kappa shape index (κ1) is 14.5. The number of benzene rings is 1. The van der Waals surface area contributed by atoms with E-state index in [2.05, 4.69) is 10.3 Å². The van der Waals surface area contributed by atoms with Crippen molar-refractivity contribution < 1.29 is 15.5 Å². The Morgan fingerprint density at radius 2 is 2.18 bits per heavy atom. The van der Waals surface area contributed by atoms with Crippen molar-refractivity contribution in [2.24, 2.45) is 5.73 Å². The van der Waals surface area contributed by atoms with E-state index >= 15 is 0 Å². The predicted octanol–water partition coefficient (Wildman–Crippen LogP) is 0.734. The number of nitrogens with one attached hydrogen (secondary N) is 1. The van der Waals surface area contributed by atoms with Gasteiger partial charge in [0.05, 0.1) is 6.20 Å². The number of rotatable bonds is 4. The van der Waals surface area contributed by atoms with Gasteiger partial charge in [-0.1, -0.05) is 6.07 Å². The molecular formula is C16H19N4O2+. The summed E-state index contributed by atoms with van der Waals surface area (Å²) < 4.78 is 0. The number of quaternary nitrogens is 1. The smallest absolute Gasteiger partial charge is 0.248 e. The van der Waals surface area contributed by atoms with Gasteiger partial charge >= 0.3 is 0 Å². The van der Waals surface area contributed by atoms with Crippen molar-refractivity contribution in [3.05, 3.63) is 53.2 Å². The van der Waals surface area contributed by atoms with E-state index in [1.54, 1.807) is 18.3 Å². The number of hydrogen-bond acceptors (Lipinski definition) is 4. The second-order valence-corrected chi connectivity index (χ2v) is 5.54. The number of nitrogens with zero attached hydrogens (tertiary/aromatic N) is 1. The Labute approximate surface area is 128 Å². The number of hydrogen-bond donors (Lipinski definition) is 4. The van der Waals surface area contributed by atoms with Crippen molar-refractivity contribution in [3.63, 3.8) is 0 Å². The molecule has 0 fully saturated rings. The zero-order chi connectivity index (χ0) is 15.5. The van der Waals surface area contributed by atoms with Crippen LogP contribution in [0.4, 0.5) is 11.5 Å². The average molecular weight is 299 g/mol. The number of carbonyl (C=O) groups is 1. The molecular weight excluding hydrogens is 280 g/mol. The van der Waals surface area contributed by atoms with E-state index in [-0.39, 0.29) is 6.04 Å². The summed E-state index contributed by atoms with van der Waals surface area (Å²) in [7, 11) is 0. The second kappa shape index (κ2) is 6.13. The Morgan fingerprint density at radius 1 is 1.32 bits per heavy atom. The largest absolute Gasteiger partial charge is 0.367 e. The van der Waals surface area contributed by atoms with Gasteiger partial charge in [0.25, 0.3) is 0 Å². The van der Waals surface area contributed by atoms with Crippen LogP contribution in [-0.2, 0) is 12.8 Å². The first-order valence-electron chi connectivity index (χ1n) is 7.27. The van der Waals surface area contributed by atoms with Gasteiger partial charge in [-0.25, -0.2) is 10.2 Å². The fraction of sp³-hybridized carbons (Fsp3) is 0.250. The summed E-state index contributed by atoms with van der Waals surface area (Å²) in [6.45, 7) is 0. The standard InChI is InChI=1S/C16H18N4O2/c17-16(21)11-2-1-10-3-4-13(8-12(10)7-11)19-15-6-5-14(20-22)9-18-15/h1-2,5-7,9,13,20,22H,3-4,8H2,(H2,17,21)(H,18,19)/p+1. The first-order valence-corrected chi connectivity index (χ1v) is 7.27. The molecule has 1 aromatic heterocycles. The van der Waals surface area contributed by atoms with E-state index in [9.17, 15) is 4.79 Å². The van der Waals surface area contributed by atoms with Crippen LogP contribution < -0.4 is 16.5 Å². The minimum absolute atomic E-state index is 0.270. The number of primary amides is 1. The summed E-state index contributed by atoms with van der Waals surface area (Å²) in [5, 5.41) is 12.3. The normalized spacial score (nSPS) is 16.9. The number of aryl methyl sites for hydroxylation is 1. The van der Waals surface area contributed by atoms with Gasteiger partial charge in [-0.3, -0.25) is 4.79 Å². The average Bonchev–Trinajstić information content (AvgIpc) is 2.55. The third-order valence-electron chi connectivity index (χ3n) is 4.01. The number of pyridine rings is 1. The van der Waals surface area contributed by atoms with Crippen molar-refractivity contribution in [1.29, 1.82) is 0 Å². The zero-order valence-corrected chi connectivity index (χ0v) is 12.1. The van der Waals surface area contributed by atoms with Gasteiger partial charge in [0.1, 0.15) is 5.82 Å². The molecule has 2 aromatic rings. The topological polar surface area (TPSA) is 105 Å². The SMILES string of the molecule is NC(=O)c1ccc2c(c1)CC(Nc1ccc([NH2+]O)cn1)CC2. The molecule has 1 aromatic carbocycles. The summed E-state index contributed by atoms with van der Waals surface area (Å²) >= 11 is 0. The monoisotopic (exact) mass is 299 g/mol. The lowest BCUT2D eigenvalue weighted by Gasteiger charge is -2.26. The van der Waals surface area contributed by atoms with Gasteiger partial charge in [-0.2, -0.15) is 5.48 Å². The number of anilines is 1. The fourth-order valence-corrected chi connectivity index (χ4v) is 2.81. The van der Waals surface area contributed by atoms with Gasteiger partial charge in [0, 0.05) is 17.7 Å². The summed E-state index contributed by atoms with van der Waals surface area (Å²) in [4.78, 5) is 15.6. The van der Waals surface area contributed by atoms with E-state index in [1.807, 2.05) is 18.2 Å². The maximum atomic E-state index is 11.3. The van der Waals surface area contributed by atoms with E-state index in [0.717, 1.165) is 30.6 Å².